The van der Waals surface area contributed by atoms with Crippen molar-refractivity contribution < 1.29 is 5.11 Å². The molecular weight excluding hydrogens is 322 g/mol. The van der Waals surface area contributed by atoms with Gasteiger partial charge in [0.15, 0.2) is 0 Å². The zero-order valence-corrected chi connectivity index (χ0v) is 13.1. The maximum absolute atomic E-state index is 9.19. The number of halogens is 2. The second-order valence-electron chi connectivity index (χ2n) is 3.87. The van der Waals surface area contributed by atoms with E-state index in [4.69, 9.17) is 11.6 Å². The molecule has 0 aromatic heterocycles. The molecule has 0 saturated carbocycles. The Hall–Kier alpha value is 0.260. The smallest absolute Gasteiger partial charge is 0.0564 e. The zero-order chi connectivity index (χ0) is 12.8. The number of aliphatic hydroxyl groups excluding tert-OH is 1. The summed E-state index contributed by atoms with van der Waals surface area (Å²) in [5.74, 6) is 0. The lowest BCUT2D eigenvalue weighted by Gasteiger charge is -2.21. The van der Waals surface area contributed by atoms with Gasteiger partial charge < -0.3 is 10.4 Å². The third kappa shape index (κ3) is 4.79. The van der Waals surface area contributed by atoms with Gasteiger partial charge in [-0.25, -0.2) is 0 Å². The van der Waals surface area contributed by atoms with E-state index in [-0.39, 0.29) is 17.9 Å². The maximum Gasteiger partial charge on any atom is 0.0564 e. The SMILES string of the molecule is CSC(CO)C(C)NCc1ccc(Cl)c(Br)c1. The van der Waals surface area contributed by atoms with Gasteiger partial charge in [-0.15, -0.1) is 0 Å². The highest BCUT2D eigenvalue weighted by molar-refractivity contribution is 9.10. The summed E-state index contributed by atoms with van der Waals surface area (Å²) in [4.78, 5) is 0. The van der Waals surface area contributed by atoms with Crippen LogP contribution in [0.4, 0.5) is 0 Å². The normalized spacial score (nSPS) is 14.6. The first-order valence-electron chi connectivity index (χ1n) is 5.39. The van der Waals surface area contributed by atoms with E-state index in [0.29, 0.717) is 0 Å². The highest BCUT2D eigenvalue weighted by atomic mass is 79.9. The van der Waals surface area contributed by atoms with E-state index in [1.165, 1.54) is 5.56 Å². The molecule has 17 heavy (non-hydrogen) atoms. The monoisotopic (exact) mass is 337 g/mol. The molecule has 2 unspecified atom stereocenters. The van der Waals surface area contributed by atoms with Crippen LogP contribution in [0.5, 0.6) is 0 Å². The van der Waals surface area contributed by atoms with Crippen LogP contribution in [0.3, 0.4) is 0 Å². The number of nitrogens with one attached hydrogen (secondary N) is 1. The Bertz CT molecular complexity index is 360. The van der Waals surface area contributed by atoms with Gasteiger partial charge in [-0.3, -0.25) is 0 Å². The number of thioether (sulfide) groups is 1. The highest BCUT2D eigenvalue weighted by Gasteiger charge is 2.14. The van der Waals surface area contributed by atoms with Crippen molar-refractivity contribution in [1.82, 2.24) is 5.32 Å². The Balaban J connectivity index is 2.52. The van der Waals surface area contributed by atoms with Crippen LogP contribution in [0, 0.1) is 0 Å². The number of hydrogen-bond donors (Lipinski definition) is 2. The lowest BCUT2D eigenvalue weighted by atomic mass is 10.2. The van der Waals surface area contributed by atoms with E-state index in [2.05, 4.69) is 28.2 Å². The molecule has 0 radical (unpaired) electrons. The molecule has 0 aliphatic rings. The van der Waals surface area contributed by atoms with Crippen molar-refractivity contribution in [1.29, 1.82) is 0 Å². The molecule has 5 heteroatoms. The van der Waals surface area contributed by atoms with Gasteiger partial charge in [0, 0.05) is 22.3 Å². The Labute approximate surface area is 120 Å². The van der Waals surface area contributed by atoms with E-state index in [9.17, 15) is 5.11 Å². The minimum atomic E-state index is 0.194. The summed E-state index contributed by atoms with van der Waals surface area (Å²) in [5.41, 5.74) is 1.17. The van der Waals surface area contributed by atoms with Crippen LogP contribution in [0.15, 0.2) is 22.7 Å². The molecule has 0 bridgehead atoms. The molecule has 2 N–H and O–H groups in total. The first kappa shape index (κ1) is 15.3. The lowest BCUT2D eigenvalue weighted by Crippen LogP contribution is -2.37. The van der Waals surface area contributed by atoms with Crippen LogP contribution in [-0.2, 0) is 6.54 Å². The van der Waals surface area contributed by atoms with Crippen LogP contribution >= 0.6 is 39.3 Å². The highest BCUT2D eigenvalue weighted by Crippen LogP contribution is 2.23. The molecular formula is C12H17BrClNOS. The lowest BCUT2D eigenvalue weighted by molar-refractivity contribution is 0.276. The first-order valence-corrected chi connectivity index (χ1v) is 7.85. The van der Waals surface area contributed by atoms with Gasteiger partial charge in [0.05, 0.1) is 11.6 Å². The quantitative estimate of drug-likeness (QED) is 0.834. The van der Waals surface area contributed by atoms with Crippen molar-refractivity contribution in [3.63, 3.8) is 0 Å². The summed E-state index contributed by atoms with van der Waals surface area (Å²) in [6.45, 7) is 3.05. The number of rotatable bonds is 6. The molecule has 0 saturated heterocycles. The number of benzene rings is 1. The van der Waals surface area contributed by atoms with Crippen molar-refractivity contribution in [3.05, 3.63) is 33.3 Å². The first-order chi connectivity index (χ1) is 8.08. The number of aliphatic hydroxyl groups is 1. The van der Waals surface area contributed by atoms with Gasteiger partial charge in [0.1, 0.15) is 0 Å². The summed E-state index contributed by atoms with van der Waals surface area (Å²) in [6.07, 6.45) is 2.01. The van der Waals surface area contributed by atoms with E-state index in [1.54, 1.807) is 11.8 Å². The van der Waals surface area contributed by atoms with Crippen molar-refractivity contribution in [2.75, 3.05) is 12.9 Å². The van der Waals surface area contributed by atoms with Crippen LogP contribution in [0.25, 0.3) is 0 Å². The summed E-state index contributed by atoms with van der Waals surface area (Å²) in [5, 5.41) is 13.5. The fraction of sp³-hybridized carbons (Fsp3) is 0.500. The average Bonchev–Trinajstić information content (AvgIpc) is 2.32. The molecule has 0 fully saturated rings. The van der Waals surface area contributed by atoms with Gasteiger partial charge in [-0.2, -0.15) is 11.8 Å². The molecule has 0 amide bonds. The average molecular weight is 339 g/mol. The Morgan fingerprint density at radius 3 is 2.76 bits per heavy atom. The van der Waals surface area contributed by atoms with Crippen LogP contribution in [-0.4, -0.2) is 29.3 Å². The minimum absolute atomic E-state index is 0.194. The summed E-state index contributed by atoms with van der Waals surface area (Å²) in [7, 11) is 0. The Kier molecular flexibility index (Phi) is 6.89. The summed E-state index contributed by atoms with van der Waals surface area (Å²) < 4.78 is 0.912. The molecule has 0 aliphatic carbocycles. The van der Waals surface area contributed by atoms with Gasteiger partial charge >= 0.3 is 0 Å². The standard InChI is InChI=1S/C12H17BrClNOS/c1-8(12(7-16)17-2)15-6-9-3-4-11(14)10(13)5-9/h3-5,8,12,15-16H,6-7H2,1-2H3. The van der Waals surface area contributed by atoms with Crippen molar-refractivity contribution in [2.24, 2.45) is 0 Å². The van der Waals surface area contributed by atoms with Gasteiger partial charge in [-0.1, -0.05) is 17.7 Å². The van der Waals surface area contributed by atoms with Crippen molar-refractivity contribution in [3.8, 4) is 0 Å². The molecule has 2 nitrogen and oxygen atoms in total. The van der Waals surface area contributed by atoms with Crippen LogP contribution in [0.1, 0.15) is 12.5 Å². The molecule has 0 aliphatic heterocycles. The molecule has 96 valence electrons. The second-order valence-corrected chi connectivity index (χ2v) is 6.21. The minimum Gasteiger partial charge on any atom is -0.395 e. The second kappa shape index (κ2) is 7.64. The fourth-order valence-corrected chi connectivity index (χ4v) is 2.69. The maximum atomic E-state index is 9.19. The van der Waals surface area contributed by atoms with Gasteiger partial charge in [0.2, 0.25) is 0 Å². The van der Waals surface area contributed by atoms with Gasteiger partial charge in [-0.05, 0) is 46.8 Å². The largest absolute Gasteiger partial charge is 0.395 e. The van der Waals surface area contributed by atoms with Crippen LogP contribution in [0.2, 0.25) is 5.02 Å². The number of hydrogen-bond acceptors (Lipinski definition) is 3. The van der Waals surface area contributed by atoms with E-state index >= 15 is 0 Å². The topological polar surface area (TPSA) is 32.3 Å². The Morgan fingerprint density at radius 2 is 2.24 bits per heavy atom. The summed E-state index contributed by atoms with van der Waals surface area (Å²) in [6, 6.07) is 6.16. The third-order valence-electron chi connectivity index (χ3n) is 2.65. The zero-order valence-electron chi connectivity index (χ0n) is 9.91. The molecule has 1 aromatic carbocycles. The summed E-state index contributed by atoms with van der Waals surface area (Å²) >= 11 is 11.0. The van der Waals surface area contributed by atoms with Gasteiger partial charge in [0.25, 0.3) is 0 Å². The van der Waals surface area contributed by atoms with E-state index < -0.39 is 0 Å². The van der Waals surface area contributed by atoms with E-state index in [1.807, 2.05) is 24.5 Å². The van der Waals surface area contributed by atoms with Crippen molar-refractivity contribution >= 4 is 39.3 Å². The van der Waals surface area contributed by atoms with Crippen LogP contribution < -0.4 is 5.32 Å². The molecule has 0 heterocycles. The third-order valence-corrected chi connectivity index (χ3v) is 5.03. The van der Waals surface area contributed by atoms with Crippen molar-refractivity contribution in [2.45, 2.75) is 24.8 Å². The molecule has 1 aromatic rings. The fourth-order valence-electron chi connectivity index (χ4n) is 1.50. The molecule has 0 spiro atoms. The predicted octanol–water partition coefficient (Wildman–Crippen LogP) is 3.30. The molecule has 1 rings (SSSR count). The van der Waals surface area contributed by atoms with E-state index in [0.717, 1.165) is 16.0 Å². The predicted molar refractivity (Wildman–Crippen MR) is 79.8 cm³/mol. The molecule has 2 atom stereocenters. The Morgan fingerprint density at radius 1 is 1.53 bits per heavy atom.